The first-order valence-corrected chi connectivity index (χ1v) is 11.8. The minimum absolute atomic E-state index is 0.232. The van der Waals surface area contributed by atoms with Crippen LogP contribution in [0.15, 0.2) is 82.6 Å². The van der Waals surface area contributed by atoms with Crippen LogP contribution in [0.25, 0.3) is 11.1 Å². The Kier molecular flexibility index (Phi) is 5.66. The van der Waals surface area contributed by atoms with Crippen molar-refractivity contribution in [2.75, 3.05) is 5.32 Å². The number of pyridine rings is 1. The molecule has 0 amide bonds. The van der Waals surface area contributed by atoms with E-state index in [4.69, 9.17) is 11.6 Å². The average Bonchev–Trinajstić information content (AvgIpc) is 2.77. The molecule has 4 aromatic rings. The average molecular weight is 465 g/mol. The molecule has 0 fully saturated rings. The van der Waals surface area contributed by atoms with Gasteiger partial charge in [-0.3, -0.25) is 0 Å². The van der Waals surface area contributed by atoms with E-state index in [-0.39, 0.29) is 10.1 Å². The quantitative estimate of drug-likeness (QED) is 0.350. The first-order chi connectivity index (χ1) is 14.0. The number of halogens is 1. The molecule has 144 valence electrons. The summed E-state index contributed by atoms with van der Waals surface area (Å²) in [7, 11) is 0. The minimum atomic E-state index is -0.813. The Morgan fingerprint density at radius 2 is 1.45 bits per heavy atom. The third-order valence-corrected chi connectivity index (χ3v) is 8.28. The molecule has 1 N–H and O–H groups in total. The van der Waals surface area contributed by atoms with Gasteiger partial charge in [0, 0.05) is 0 Å². The second-order valence-electron chi connectivity index (χ2n) is 6.76. The van der Waals surface area contributed by atoms with Crippen LogP contribution in [-0.4, -0.2) is 20.7 Å². The summed E-state index contributed by atoms with van der Waals surface area (Å²) >= 11 is 5.15. The summed E-state index contributed by atoms with van der Waals surface area (Å²) in [5.41, 5.74) is 3.84. The van der Waals surface area contributed by atoms with E-state index in [1.165, 1.54) is 5.56 Å². The van der Waals surface area contributed by atoms with Crippen molar-refractivity contribution >= 4 is 43.1 Å². The van der Waals surface area contributed by atoms with Crippen LogP contribution in [0.5, 0.6) is 0 Å². The van der Waals surface area contributed by atoms with Crippen molar-refractivity contribution in [1.29, 1.82) is 0 Å². The van der Waals surface area contributed by atoms with E-state index >= 15 is 0 Å². The van der Waals surface area contributed by atoms with Crippen LogP contribution in [0.3, 0.4) is 0 Å². The standard InChI is InChI=1S/C23H18AsClN2O2/c1-14(15-2-4-16(5-3-15)17-6-8-18(25)9-7-17)24-20-21(23(29)22(20)28)27-19-10-12-26-13-11-19/h2-14,24H,1H3,(H,26,27). The molecule has 0 aliphatic rings. The molecule has 3 aromatic carbocycles. The van der Waals surface area contributed by atoms with Gasteiger partial charge >= 0.3 is 180 Å². The van der Waals surface area contributed by atoms with Crippen LogP contribution >= 0.6 is 11.6 Å². The predicted octanol–water partition coefficient (Wildman–Crippen LogP) is 3.56. The number of rotatable bonds is 6. The van der Waals surface area contributed by atoms with Crippen molar-refractivity contribution in [2.45, 2.75) is 11.6 Å². The summed E-state index contributed by atoms with van der Waals surface area (Å²) < 4.78 is 0.914. The number of nitrogens with one attached hydrogen (secondary N) is 1. The van der Waals surface area contributed by atoms with E-state index < -0.39 is 21.2 Å². The predicted molar refractivity (Wildman–Crippen MR) is 121 cm³/mol. The van der Waals surface area contributed by atoms with Gasteiger partial charge in [0.25, 0.3) is 0 Å². The summed E-state index contributed by atoms with van der Waals surface area (Å²) in [6.45, 7) is 2.12. The number of aromatic nitrogens is 1. The molecule has 1 aromatic heterocycles. The van der Waals surface area contributed by atoms with Crippen LogP contribution in [0.1, 0.15) is 17.2 Å². The molecular weight excluding hydrogens is 447 g/mol. The van der Waals surface area contributed by atoms with Gasteiger partial charge in [0.05, 0.1) is 0 Å². The van der Waals surface area contributed by atoms with Crippen molar-refractivity contribution in [2.24, 2.45) is 0 Å². The van der Waals surface area contributed by atoms with Crippen molar-refractivity contribution in [3.05, 3.63) is 104 Å². The van der Waals surface area contributed by atoms with Gasteiger partial charge in [0.15, 0.2) is 0 Å². The number of anilines is 2. The Morgan fingerprint density at radius 1 is 0.862 bits per heavy atom. The van der Waals surface area contributed by atoms with Crippen molar-refractivity contribution in [3.63, 3.8) is 0 Å². The van der Waals surface area contributed by atoms with Gasteiger partial charge in [-0.1, -0.05) is 0 Å². The van der Waals surface area contributed by atoms with Crippen LogP contribution in [0.2, 0.25) is 5.02 Å². The zero-order chi connectivity index (χ0) is 20.4. The van der Waals surface area contributed by atoms with Gasteiger partial charge in [-0.25, -0.2) is 0 Å². The van der Waals surface area contributed by atoms with Gasteiger partial charge in [0.1, 0.15) is 0 Å². The van der Waals surface area contributed by atoms with Crippen LogP contribution in [0, 0.1) is 0 Å². The van der Waals surface area contributed by atoms with Gasteiger partial charge in [-0.05, 0) is 0 Å². The maximum atomic E-state index is 12.2. The molecule has 2 atom stereocenters. The molecule has 1 heterocycles. The molecule has 0 aliphatic heterocycles. The Bertz CT molecular complexity index is 1200. The zero-order valence-electron chi connectivity index (χ0n) is 15.6. The van der Waals surface area contributed by atoms with Crippen molar-refractivity contribution < 1.29 is 0 Å². The molecule has 2 unspecified atom stereocenters. The van der Waals surface area contributed by atoms with Gasteiger partial charge in [-0.15, -0.1) is 0 Å². The third kappa shape index (κ3) is 4.19. The van der Waals surface area contributed by atoms with E-state index in [0.29, 0.717) is 15.1 Å². The number of benzene rings is 2. The van der Waals surface area contributed by atoms with Gasteiger partial charge < -0.3 is 0 Å². The SMILES string of the molecule is CC([AsH]c1c(Nc2ccncc2)c(=O)c1=O)c1ccc(-c2ccc(Cl)cc2)cc1. The molecule has 0 saturated heterocycles. The number of nitrogens with zero attached hydrogens (tertiary/aromatic N) is 1. The second-order valence-corrected chi connectivity index (χ2v) is 10.7. The summed E-state index contributed by atoms with van der Waals surface area (Å²) in [5, 5.41) is 3.81. The van der Waals surface area contributed by atoms with Crippen molar-refractivity contribution in [3.8, 4) is 11.1 Å². The fourth-order valence-electron chi connectivity index (χ4n) is 3.13. The van der Waals surface area contributed by atoms with E-state index in [1.807, 2.05) is 24.3 Å². The Morgan fingerprint density at radius 3 is 2.07 bits per heavy atom. The van der Waals surface area contributed by atoms with E-state index in [1.54, 1.807) is 24.5 Å². The molecule has 4 rings (SSSR count). The molecule has 4 nitrogen and oxygen atoms in total. The molecular formula is C23H18AsClN2O2. The van der Waals surface area contributed by atoms with Gasteiger partial charge in [0.2, 0.25) is 0 Å². The number of hydrogen-bond acceptors (Lipinski definition) is 4. The fourth-order valence-corrected chi connectivity index (χ4v) is 6.11. The molecule has 0 bridgehead atoms. The zero-order valence-corrected chi connectivity index (χ0v) is 18.5. The Labute approximate surface area is 180 Å². The van der Waals surface area contributed by atoms with Crippen molar-refractivity contribution in [1.82, 2.24) is 4.98 Å². The molecule has 0 spiro atoms. The van der Waals surface area contributed by atoms with Crippen LogP contribution in [0.4, 0.5) is 11.4 Å². The maximum absolute atomic E-state index is 12.2. The summed E-state index contributed by atoms with van der Waals surface area (Å²) in [6.07, 6.45) is 3.30. The summed E-state index contributed by atoms with van der Waals surface area (Å²) in [4.78, 5) is 28.2. The summed E-state index contributed by atoms with van der Waals surface area (Å²) in [6, 6.07) is 19.7. The fraction of sp³-hybridized carbons (Fsp3) is 0.0870. The monoisotopic (exact) mass is 464 g/mol. The van der Waals surface area contributed by atoms with E-state index in [0.717, 1.165) is 16.8 Å². The molecule has 0 saturated carbocycles. The van der Waals surface area contributed by atoms with E-state index in [2.05, 4.69) is 41.5 Å². The topological polar surface area (TPSA) is 59.1 Å². The van der Waals surface area contributed by atoms with Crippen LogP contribution in [-0.2, 0) is 0 Å². The van der Waals surface area contributed by atoms with Gasteiger partial charge in [-0.2, -0.15) is 0 Å². The Balaban J connectivity index is 1.51. The first kappa shape index (κ1) is 19.6. The van der Waals surface area contributed by atoms with E-state index in [9.17, 15) is 9.59 Å². The Hall–Kier alpha value is -2.68. The molecule has 0 radical (unpaired) electrons. The first-order valence-electron chi connectivity index (χ1n) is 9.16. The molecule has 0 aliphatic carbocycles. The molecule has 6 heteroatoms. The number of hydrogen-bond donors (Lipinski definition) is 1. The summed E-state index contributed by atoms with van der Waals surface area (Å²) in [5.74, 6) is 0. The third-order valence-electron chi connectivity index (χ3n) is 4.81. The molecule has 29 heavy (non-hydrogen) atoms. The second kappa shape index (κ2) is 8.36. The normalized spacial score (nSPS) is 12.5. The van der Waals surface area contributed by atoms with Crippen LogP contribution < -0.4 is 20.5 Å².